The standard InChI is InChI=1S/C16H27N5O4S.HI/c1-16(2,3)25-15(22)20-10-9-19-14(18-4)21-11-12-5-7-13(8-6-12)26(17,23)24;/h5-8H,9-11H2,1-4H3,(H,20,22)(H2,17,23,24)(H2,18,19,21);1H. The number of hydrogen-bond acceptors (Lipinski definition) is 5. The van der Waals surface area contributed by atoms with E-state index in [2.05, 4.69) is 20.9 Å². The third-order valence-corrected chi connectivity index (χ3v) is 3.95. The number of hydrogen-bond donors (Lipinski definition) is 4. The fourth-order valence-corrected chi connectivity index (χ4v) is 2.38. The van der Waals surface area contributed by atoms with Crippen LogP contribution in [0.4, 0.5) is 4.79 Å². The molecule has 0 aromatic heterocycles. The maximum Gasteiger partial charge on any atom is 0.407 e. The molecule has 0 spiro atoms. The van der Waals surface area contributed by atoms with Crippen molar-refractivity contribution in [2.24, 2.45) is 10.1 Å². The van der Waals surface area contributed by atoms with E-state index in [9.17, 15) is 13.2 Å². The Morgan fingerprint density at radius 2 is 1.67 bits per heavy atom. The van der Waals surface area contributed by atoms with Crippen LogP contribution in [0.3, 0.4) is 0 Å². The normalized spacial score (nSPS) is 12.0. The first-order valence-electron chi connectivity index (χ1n) is 8.04. The molecule has 27 heavy (non-hydrogen) atoms. The zero-order valence-corrected chi connectivity index (χ0v) is 19.1. The summed E-state index contributed by atoms with van der Waals surface area (Å²) >= 11 is 0. The Labute approximate surface area is 177 Å². The molecule has 0 saturated heterocycles. The molecule has 0 atom stereocenters. The molecule has 0 saturated carbocycles. The number of sulfonamides is 1. The molecule has 1 amide bonds. The zero-order chi connectivity index (χ0) is 19.8. The van der Waals surface area contributed by atoms with E-state index < -0.39 is 21.7 Å². The van der Waals surface area contributed by atoms with Crippen molar-refractivity contribution in [1.29, 1.82) is 0 Å². The van der Waals surface area contributed by atoms with E-state index in [4.69, 9.17) is 9.88 Å². The van der Waals surface area contributed by atoms with Crippen LogP contribution in [-0.4, -0.2) is 46.2 Å². The highest BCUT2D eigenvalue weighted by molar-refractivity contribution is 14.0. The van der Waals surface area contributed by atoms with E-state index in [0.717, 1.165) is 5.56 Å². The number of halogens is 1. The lowest BCUT2D eigenvalue weighted by molar-refractivity contribution is 0.0529. The molecule has 1 aromatic rings. The summed E-state index contributed by atoms with van der Waals surface area (Å²) in [5, 5.41) is 13.8. The van der Waals surface area contributed by atoms with Crippen molar-refractivity contribution in [3.63, 3.8) is 0 Å². The van der Waals surface area contributed by atoms with Crippen molar-refractivity contribution >= 4 is 46.1 Å². The van der Waals surface area contributed by atoms with E-state index >= 15 is 0 Å². The highest BCUT2D eigenvalue weighted by Gasteiger charge is 2.15. The number of rotatable bonds is 6. The minimum atomic E-state index is -3.69. The number of benzene rings is 1. The fraction of sp³-hybridized carbons (Fsp3) is 0.500. The van der Waals surface area contributed by atoms with Crippen molar-refractivity contribution in [3.8, 4) is 0 Å². The average Bonchev–Trinajstić information content (AvgIpc) is 2.52. The van der Waals surface area contributed by atoms with Gasteiger partial charge in [-0.1, -0.05) is 12.1 Å². The van der Waals surface area contributed by atoms with Crippen LogP contribution in [0.5, 0.6) is 0 Å². The molecule has 0 fully saturated rings. The number of nitrogens with two attached hydrogens (primary N) is 1. The number of primary sulfonamides is 1. The number of amides is 1. The molecule has 0 aliphatic rings. The summed E-state index contributed by atoms with van der Waals surface area (Å²) in [4.78, 5) is 15.7. The topological polar surface area (TPSA) is 135 Å². The lowest BCUT2D eigenvalue weighted by Crippen LogP contribution is -2.42. The Morgan fingerprint density at radius 1 is 1.11 bits per heavy atom. The van der Waals surface area contributed by atoms with E-state index in [1.807, 2.05) is 0 Å². The molecule has 9 nitrogen and oxygen atoms in total. The van der Waals surface area contributed by atoms with Gasteiger partial charge >= 0.3 is 6.09 Å². The van der Waals surface area contributed by atoms with Gasteiger partial charge in [0.15, 0.2) is 5.96 Å². The van der Waals surface area contributed by atoms with Gasteiger partial charge < -0.3 is 20.7 Å². The number of carbonyl (C=O) groups excluding carboxylic acids is 1. The van der Waals surface area contributed by atoms with Crippen LogP contribution >= 0.6 is 24.0 Å². The molecule has 0 aliphatic heterocycles. The van der Waals surface area contributed by atoms with E-state index in [1.54, 1.807) is 40.0 Å². The summed E-state index contributed by atoms with van der Waals surface area (Å²) < 4.78 is 27.6. The SMILES string of the molecule is CN=C(NCCNC(=O)OC(C)(C)C)NCc1ccc(S(N)(=O)=O)cc1.I. The molecule has 0 bridgehead atoms. The quantitative estimate of drug-likeness (QED) is 0.195. The number of alkyl carbamates (subject to hydrolysis) is 1. The van der Waals surface area contributed by atoms with E-state index in [1.165, 1.54) is 12.1 Å². The minimum absolute atomic E-state index is 0. The van der Waals surface area contributed by atoms with Crippen LogP contribution in [0.25, 0.3) is 0 Å². The minimum Gasteiger partial charge on any atom is -0.444 e. The van der Waals surface area contributed by atoms with Gasteiger partial charge in [0, 0.05) is 26.7 Å². The Kier molecular flexibility index (Phi) is 10.6. The number of aliphatic imine (C=N–C) groups is 1. The van der Waals surface area contributed by atoms with Crippen molar-refractivity contribution in [1.82, 2.24) is 16.0 Å². The highest BCUT2D eigenvalue weighted by Crippen LogP contribution is 2.08. The first-order valence-corrected chi connectivity index (χ1v) is 9.59. The van der Waals surface area contributed by atoms with Crippen LogP contribution < -0.4 is 21.1 Å². The lowest BCUT2D eigenvalue weighted by Gasteiger charge is -2.20. The Hall–Kier alpha value is -1.60. The smallest absolute Gasteiger partial charge is 0.407 e. The molecule has 0 aliphatic carbocycles. The van der Waals surface area contributed by atoms with Crippen molar-refractivity contribution in [2.75, 3.05) is 20.1 Å². The maximum atomic E-state index is 11.5. The summed E-state index contributed by atoms with van der Waals surface area (Å²) in [6, 6.07) is 6.24. The molecule has 1 aromatic carbocycles. The van der Waals surface area contributed by atoms with Gasteiger partial charge in [0.2, 0.25) is 10.0 Å². The molecule has 0 unspecified atom stereocenters. The molecular formula is C16H28IN5O4S. The molecule has 0 heterocycles. The summed E-state index contributed by atoms with van der Waals surface area (Å²) in [6.07, 6.45) is -0.475. The summed E-state index contributed by atoms with van der Waals surface area (Å²) in [5.74, 6) is 0.548. The summed E-state index contributed by atoms with van der Waals surface area (Å²) in [6.45, 7) is 6.68. The molecule has 11 heteroatoms. The Balaban J connectivity index is 0.00000676. The third-order valence-electron chi connectivity index (χ3n) is 3.02. The van der Waals surface area contributed by atoms with Gasteiger partial charge in [-0.05, 0) is 38.5 Å². The lowest BCUT2D eigenvalue weighted by atomic mass is 10.2. The summed E-state index contributed by atoms with van der Waals surface area (Å²) in [5.41, 5.74) is 0.334. The predicted octanol–water partition coefficient (Wildman–Crippen LogP) is 1.14. The Morgan fingerprint density at radius 3 is 2.15 bits per heavy atom. The third kappa shape index (κ3) is 11.0. The first kappa shape index (κ1) is 25.4. The van der Waals surface area contributed by atoms with Gasteiger partial charge in [-0.15, -0.1) is 24.0 Å². The largest absolute Gasteiger partial charge is 0.444 e. The van der Waals surface area contributed by atoms with Crippen molar-refractivity contribution in [3.05, 3.63) is 29.8 Å². The number of guanidine groups is 1. The molecule has 1 rings (SSSR count). The van der Waals surface area contributed by atoms with Crippen LogP contribution in [0.1, 0.15) is 26.3 Å². The van der Waals surface area contributed by atoms with Crippen LogP contribution in [0.15, 0.2) is 34.2 Å². The van der Waals surface area contributed by atoms with Crippen molar-refractivity contribution in [2.45, 2.75) is 37.8 Å². The van der Waals surface area contributed by atoms with Gasteiger partial charge in [0.1, 0.15) is 5.60 Å². The summed E-state index contributed by atoms with van der Waals surface area (Å²) in [7, 11) is -2.06. The fourth-order valence-electron chi connectivity index (χ4n) is 1.86. The van der Waals surface area contributed by atoms with E-state index in [-0.39, 0.29) is 28.9 Å². The first-order chi connectivity index (χ1) is 12.0. The molecular weight excluding hydrogens is 485 g/mol. The maximum absolute atomic E-state index is 11.5. The van der Waals surface area contributed by atoms with Crippen molar-refractivity contribution < 1.29 is 17.9 Å². The predicted molar refractivity (Wildman–Crippen MR) is 116 cm³/mol. The average molecular weight is 513 g/mol. The Bertz CT molecular complexity index is 730. The molecule has 154 valence electrons. The van der Waals surface area contributed by atoms with Crippen LogP contribution in [-0.2, 0) is 21.3 Å². The van der Waals surface area contributed by atoms with Gasteiger partial charge in [0.25, 0.3) is 0 Å². The number of nitrogens with zero attached hydrogens (tertiary/aromatic N) is 1. The monoisotopic (exact) mass is 513 g/mol. The van der Waals surface area contributed by atoms with Crippen LogP contribution in [0, 0.1) is 0 Å². The number of carbonyl (C=O) groups is 1. The number of nitrogens with one attached hydrogen (secondary N) is 3. The van der Waals surface area contributed by atoms with E-state index in [0.29, 0.717) is 25.6 Å². The van der Waals surface area contributed by atoms with Gasteiger partial charge in [-0.2, -0.15) is 0 Å². The second kappa shape index (κ2) is 11.3. The second-order valence-corrected chi connectivity index (χ2v) is 8.03. The van der Waals surface area contributed by atoms with Gasteiger partial charge in [-0.3, -0.25) is 4.99 Å². The van der Waals surface area contributed by atoms with Gasteiger partial charge in [-0.25, -0.2) is 18.4 Å². The molecule has 5 N–H and O–H groups in total. The highest BCUT2D eigenvalue weighted by atomic mass is 127. The van der Waals surface area contributed by atoms with Gasteiger partial charge in [0.05, 0.1) is 4.90 Å². The zero-order valence-electron chi connectivity index (χ0n) is 15.9. The second-order valence-electron chi connectivity index (χ2n) is 6.47. The van der Waals surface area contributed by atoms with Crippen LogP contribution in [0.2, 0.25) is 0 Å². The number of ether oxygens (including phenoxy) is 1. The molecule has 0 radical (unpaired) electrons.